The molecule has 12 heteroatoms. The van der Waals surface area contributed by atoms with Gasteiger partial charge in [-0.05, 0) is 30.4 Å². The summed E-state index contributed by atoms with van der Waals surface area (Å²) < 4.78 is 53.3. The van der Waals surface area contributed by atoms with Gasteiger partial charge in [-0.25, -0.2) is 21.6 Å². The maximum Gasteiger partial charge on any atom is 0.256 e. The van der Waals surface area contributed by atoms with Crippen molar-refractivity contribution in [1.82, 2.24) is 14.9 Å². The van der Waals surface area contributed by atoms with Crippen LogP contribution in [-0.2, 0) is 24.8 Å². The summed E-state index contributed by atoms with van der Waals surface area (Å²) in [5.41, 5.74) is 0.316. The number of fused-ring (bicyclic) bond motifs is 1. The third-order valence-corrected chi connectivity index (χ3v) is 6.75. The molecule has 0 unspecified atom stereocenters. The molecule has 3 rings (SSSR count). The second-order valence-corrected chi connectivity index (χ2v) is 9.92. The number of benzene rings is 1. The van der Waals surface area contributed by atoms with Gasteiger partial charge < -0.3 is 10.2 Å². The van der Waals surface area contributed by atoms with Crippen LogP contribution in [0.15, 0.2) is 57.5 Å². The summed E-state index contributed by atoms with van der Waals surface area (Å²) in [6, 6.07) is 5.85. The molecule has 2 aliphatic rings. The van der Waals surface area contributed by atoms with E-state index in [1.165, 1.54) is 36.6 Å². The number of halogens is 1. The van der Waals surface area contributed by atoms with Crippen LogP contribution in [0, 0.1) is 0 Å². The highest BCUT2D eigenvalue weighted by molar-refractivity contribution is 7.90. The minimum absolute atomic E-state index is 0.00769. The summed E-state index contributed by atoms with van der Waals surface area (Å²) in [6.07, 6.45) is 4.42. The Morgan fingerprint density at radius 1 is 1.25 bits per heavy atom. The average Bonchev–Trinajstić information content (AvgIpc) is 2.64. The number of amides is 1. The lowest BCUT2D eigenvalue weighted by molar-refractivity contribution is -0.117. The van der Waals surface area contributed by atoms with E-state index < -0.39 is 26.0 Å². The Morgan fingerprint density at radius 3 is 2.79 bits per heavy atom. The van der Waals surface area contributed by atoms with E-state index >= 15 is 0 Å². The Balaban J connectivity index is 1.53. The van der Waals surface area contributed by atoms with Crippen molar-refractivity contribution in [2.75, 3.05) is 25.4 Å². The van der Waals surface area contributed by atoms with Gasteiger partial charge in [-0.15, -0.1) is 4.40 Å². The second kappa shape index (κ2) is 8.03. The number of hydrogen-bond donors (Lipinski definition) is 2. The maximum atomic E-state index is 12.2. The largest absolute Gasteiger partial charge is 0.351 e. The molecule has 0 spiro atoms. The van der Waals surface area contributed by atoms with Gasteiger partial charge in [-0.2, -0.15) is 0 Å². The highest BCUT2D eigenvalue weighted by Crippen LogP contribution is 2.16. The SMILES string of the molecule is O=C(NCCNS(=O)(=O)c1cccc(Cl)c1)C1=CN2CCS(=O)(=O)N=C2C=C1. The normalized spacial score (nSPS) is 18.1. The van der Waals surface area contributed by atoms with Gasteiger partial charge in [0.1, 0.15) is 5.84 Å². The van der Waals surface area contributed by atoms with E-state index in [0.717, 1.165) is 0 Å². The van der Waals surface area contributed by atoms with Crippen LogP contribution in [0.2, 0.25) is 5.02 Å². The van der Waals surface area contributed by atoms with E-state index in [1.807, 2.05) is 0 Å². The van der Waals surface area contributed by atoms with Crippen LogP contribution in [0.25, 0.3) is 0 Å². The highest BCUT2D eigenvalue weighted by Gasteiger charge is 2.25. The number of nitrogens with zero attached hydrogens (tertiary/aromatic N) is 2. The van der Waals surface area contributed by atoms with Crippen molar-refractivity contribution in [2.45, 2.75) is 4.90 Å². The summed E-state index contributed by atoms with van der Waals surface area (Å²) in [5.74, 6) is -0.274. The smallest absolute Gasteiger partial charge is 0.256 e. The second-order valence-electron chi connectivity index (χ2n) is 5.96. The predicted molar refractivity (Wildman–Crippen MR) is 105 cm³/mol. The van der Waals surface area contributed by atoms with Gasteiger partial charge in [0.2, 0.25) is 10.0 Å². The first kappa shape index (κ1) is 20.5. The van der Waals surface area contributed by atoms with Crippen molar-refractivity contribution in [2.24, 2.45) is 4.40 Å². The zero-order valence-corrected chi connectivity index (χ0v) is 16.9. The zero-order chi connectivity index (χ0) is 20.4. The maximum absolute atomic E-state index is 12.2. The zero-order valence-electron chi connectivity index (χ0n) is 14.5. The Bertz CT molecular complexity index is 1090. The number of amidine groups is 1. The Labute approximate surface area is 167 Å². The van der Waals surface area contributed by atoms with Crippen molar-refractivity contribution in [3.05, 3.63) is 53.2 Å². The first-order chi connectivity index (χ1) is 13.2. The van der Waals surface area contributed by atoms with Gasteiger partial charge >= 0.3 is 0 Å². The summed E-state index contributed by atoms with van der Waals surface area (Å²) in [6.45, 7) is 0.271. The average molecular weight is 445 g/mol. The minimum atomic E-state index is -3.73. The number of rotatable bonds is 6. The molecule has 2 aliphatic heterocycles. The first-order valence-electron chi connectivity index (χ1n) is 8.19. The molecular weight excluding hydrogens is 428 g/mol. The molecule has 0 atom stereocenters. The molecule has 0 aliphatic carbocycles. The molecule has 150 valence electrons. The molecular formula is C16H17ClN4O5S2. The van der Waals surface area contributed by atoms with Crippen molar-refractivity contribution in [3.63, 3.8) is 0 Å². The molecule has 0 radical (unpaired) electrons. The van der Waals surface area contributed by atoms with Crippen LogP contribution in [-0.4, -0.2) is 58.9 Å². The van der Waals surface area contributed by atoms with Gasteiger partial charge in [0, 0.05) is 30.9 Å². The lowest BCUT2D eigenvalue weighted by Gasteiger charge is -2.26. The van der Waals surface area contributed by atoms with Crippen LogP contribution in [0.3, 0.4) is 0 Å². The van der Waals surface area contributed by atoms with E-state index in [1.54, 1.807) is 11.0 Å². The molecule has 0 saturated carbocycles. The molecule has 2 heterocycles. The fourth-order valence-corrected chi connectivity index (χ4v) is 4.82. The first-order valence-corrected chi connectivity index (χ1v) is 11.7. The van der Waals surface area contributed by atoms with Gasteiger partial charge in [0.05, 0.1) is 16.2 Å². The molecule has 2 N–H and O–H groups in total. The Morgan fingerprint density at radius 2 is 2.04 bits per heavy atom. The van der Waals surface area contributed by atoms with Crippen LogP contribution >= 0.6 is 11.6 Å². The summed E-state index contributed by atoms with van der Waals surface area (Å²) in [7, 11) is -7.18. The summed E-state index contributed by atoms with van der Waals surface area (Å²) >= 11 is 5.80. The molecule has 28 heavy (non-hydrogen) atoms. The van der Waals surface area contributed by atoms with Gasteiger partial charge in [0.15, 0.2) is 0 Å². The van der Waals surface area contributed by atoms with Crippen molar-refractivity contribution < 1.29 is 21.6 Å². The molecule has 1 aromatic carbocycles. The Kier molecular flexibility index (Phi) is 5.89. The number of hydrogen-bond acceptors (Lipinski definition) is 6. The predicted octanol–water partition coefficient (Wildman–Crippen LogP) is 0.232. The van der Waals surface area contributed by atoms with Crippen molar-refractivity contribution >= 4 is 43.4 Å². The van der Waals surface area contributed by atoms with Crippen molar-refractivity contribution in [3.8, 4) is 0 Å². The molecule has 0 bridgehead atoms. The van der Waals surface area contributed by atoms with Gasteiger partial charge in [-0.1, -0.05) is 17.7 Å². The molecule has 0 saturated heterocycles. The Hall–Kier alpha value is -2.21. The van der Waals surface area contributed by atoms with E-state index in [0.29, 0.717) is 10.6 Å². The topological polar surface area (TPSA) is 125 Å². The number of carbonyl (C=O) groups excluding carboxylic acids is 1. The number of carbonyl (C=O) groups is 1. The highest BCUT2D eigenvalue weighted by atomic mass is 35.5. The van der Waals surface area contributed by atoms with Crippen molar-refractivity contribution in [1.29, 1.82) is 0 Å². The lowest BCUT2D eigenvalue weighted by Crippen LogP contribution is -2.39. The third kappa shape index (κ3) is 4.98. The molecule has 1 amide bonds. The number of nitrogens with one attached hydrogen (secondary N) is 2. The standard InChI is InChI=1S/C16H17ClN4O5S2/c17-13-2-1-3-14(10-13)28(25,26)19-7-6-18-16(22)12-4-5-15-20-27(23,24)9-8-21(15)11-12/h1-5,10-11,19H,6-9H2,(H,18,22). The summed E-state index contributed by atoms with van der Waals surface area (Å²) in [5, 5.41) is 2.91. The van der Waals surface area contributed by atoms with E-state index in [-0.39, 0.29) is 36.1 Å². The van der Waals surface area contributed by atoms with E-state index in [4.69, 9.17) is 11.6 Å². The van der Waals surface area contributed by atoms with E-state index in [9.17, 15) is 21.6 Å². The summed E-state index contributed by atoms with van der Waals surface area (Å²) in [4.78, 5) is 13.8. The number of sulfonamides is 2. The van der Waals surface area contributed by atoms with Crippen LogP contribution < -0.4 is 10.0 Å². The molecule has 1 aromatic rings. The third-order valence-electron chi connectivity index (χ3n) is 3.90. The quantitative estimate of drug-likeness (QED) is 0.605. The lowest BCUT2D eigenvalue weighted by atomic mass is 10.2. The molecule has 0 fully saturated rings. The molecule has 9 nitrogen and oxygen atoms in total. The van der Waals surface area contributed by atoms with Crippen LogP contribution in [0.1, 0.15) is 0 Å². The fourth-order valence-electron chi connectivity index (χ4n) is 2.52. The molecule has 0 aromatic heterocycles. The minimum Gasteiger partial charge on any atom is -0.351 e. The van der Waals surface area contributed by atoms with Gasteiger partial charge in [-0.3, -0.25) is 4.79 Å². The fraction of sp³-hybridized carbons (Fsp3) is 0.250. The van der Waals surface area contributed by atoms with Crippen LogP contribution in [0.4, 0.5) is 0 Å². The van der Waals surface area contributed by atoms with Gasteiger partial charge in [0.25, 0.3) is 15.9 Å². The van der Waals surface area contributed by atoms with Crippen LogP contribution in [0.5, 0.6) is 0 Å². The van der Waals surface area contributed by atoms with E-state index in [2.05, 4.69) is 14.4 Å². The monoisotopic (exact) mass is 444 g/mol.